The number of carbonyl (C=O) groups is 1. The molecule has 0 saturated carbocycles. The highest BCUT2D eigenvalue weighted by Crippen LogP contribution is 2.36. The van der Waals surface area contributed by atoms with Gasteiger partial charge in [-0.2, -0.15) is 9.78 Å². The number of aryl methyl sites for hydroxylation is 1. The molecule has 0 atom stereocenters. The lowest BCUT2D eigenvalue weighted by molar-refractivity contribution is 0.251. The molecule has 124 valence electrons. The van der Waals surface area contributed by atoms with Crippen molar-refractivity contribution >= 4 is 34.2 Å². The molecule has 0 saturated heterocycles. The maximum absolute atomic E-state index is 12.6. The molecule has 0 fully saturated rings. The molecule has 7 heteroatoms. The van der Waals surface area contributed by atoms with Gasteiger partial charge in [0.1, 0.15) is 11.5 Å². The smallest absolute Gasteiger partial charge is 0.347 e. The van der Waals surface area contributed by atoms with E-state index in [2.05, 4.69) is 10.4 Å². The molecule has 1 N–H and O–H groups in total. The van der Waals surface area contributed by atoms with Gasteiger partial charge in [-0.25, -0.2) is 4.79 Å². The van der Waals surface area contributed by atoms with Gasteiger partial charge in [0, 0.05) is 11.5 Å². The quantitative estimate of drug-likeness (QED) is 0.776. The van der Waals surface area contributed by atoms with Gasteiger partial charge in [-0.3, -0.25) is 0 Å². The number of carbonyl (C=O) groups excluding carboxylic acids is 1. The van der Waals surface area contributed by atoms with Crippen LogP contribution in [0.15, 0.2) is 36.4 Å². The second-order valence-corrected chi connectivity index (χ2v) is 5.54. The maximum Gasteiger partial charge on any atom is 0.347 e. The number of halogens is 1. The van der Waals surface area contributed by atoms with Crippen LogP contribution in [0.2, 0.25) is 5.02 Å². The van der Waals surface area contributed by atoms with E-state index in [4.69, 9.17) is 21.1 Å². The summed E-state index contributed by atoms with van der Waals surface area (Å²) in [6, 6.07) is 10.3. The molecule has 0 spiro atoms. The van der Waals surface area contributed by atoms with E-state index in [1.54, 1.807) is 12.1 Å². The molecule has 0 unspecified atom stereocenters. The van der Waals surface area contributed by atoms with Crippen LogP contribution in [0.5, 0.6) is 11.5 Å². The Hall–Kier alpha value is -2.73. The largest absolute Gasteiger partial charge is 0.495 e. The van der Waals surface area contributed by atoms with Crippen molar-refractivity contribution in [3.63, 3.8) is 0 Å². The van der Waals surface area contributed by atoms with Crippen molar-refractivity contribution in [2.75, 3.05) is 19.5 Å². The van der Waals surface area contributed by atoms with Gasteiger partial charge in [0.25, 0.3) is 0 Å². The van der Waals surface area contributed by atoms with E-state index in [1.807, 2.05) is 31.2 Å². The molecule has 6 nitrogen and oxygen atoms in total. The van der Waals surface area contributed by atoms with E-state index in [0.29, 0.717) is 22.2 Å². The van der Waals surface area contributed by atoms with Crippen LogP contribution in [0.3, 0.4) is 0 Å². The van der Waals surface area contributed by atoms with Gasteiger partial charge < -0.3 is 14.8 Å². The zero-order valence-electron chi connectivity index (χ0n) is 13.5. The lowest BCUT2D eigenvalue weighted by atomic mass is 10.2. The number of nitrogens with zero attached hydrogens (tertiary/aromatic N) is 2. The summed E-state index contributed by atoms with van der Waals surface area (Å²) < 4.78 is 11.8. The van der Waals surface area contributed by atoms with Gasteiger partial charge in [0.05, 0.1) is 36.1 Å². The molecule has 1 aromatic heterocycles. The fraction of sp³-hybridized carbons (Fsp3) is 0.176. The minimum absolute atomic E-state index is 0.370. The molecule has 0 radical (unpaired) electrons. The molecule has 3 aromatic rings. The highest BCUT2D eigenvalue weighted by molar-refractivity contribution is 6.32. The normalized spacial score (nSPS) is 10.7. The van der Waals surface area contributed by atoms with Crippen LogP contribution in [0.25, 0.3) is 10.9 Å². The minimum atomic E-state index is -0.404. The lowest BCUT2D eigenvalue weighted by Crippen LogP contribution is -2.21. The first-order chi connectivity index (χ1) is 11.5. The summed E-state index contributed by atoms with van der Waals surface area (Å²) in [5, 5.41) is 8.37. The topological polar surface area (TPSA) is 65.4 Å². The Morgan fingerprint density at radius 1 is 1.17 bits per heavy atom. The fourth-order valence-corrected chi connectivity index (χ4v) is 2.74. The van der Waals surface area contributed by atoms with Gasteiger partial charge in [-0.15, -0.1) is 0 Å². The van der Waals surface area contributed by atoms with Crippen molar-refractivity contribution in [2.24, 2.45) is 0 Å². The van der Waals surface area contributed by atoms with Crippen LogP contribution >= 0.6 is 11.6 Å². The Bertz CT molecular complexity index is 921. The first-order valence-corrected chi connectivity index (χ1v) is 7.60. The molecule has 0 aliphatic rings. The lowest BCUT2D eigenvalue weighted by Gasteiger charge is -2.13. The van der Waals surface area contributed by atoms with Crippen LogP contribution in [0, 0.1) is 6.92 Å². The molecule has 2 aromatic carbocycles. The van der Waals surface area contributed by atoms with E-state index in [9.17, 15) is 4.79 Å². The van der Waals surface area contributed by atoms with E-state index in [0.717, 1.165) is 16.6 Å². The molecule has 0 bridgehead atoms. The number of para-hydroxylation sites is 1. The van der Waals surface area contributed by atoms with Crippen LogP contribution < -0.4 is 14.8 Å². The molecular formula is C17H16ClN3O3. The molecule has 0 aliphatic carbocycles. The second kappa shape index (κ2) is 6.41. The number of anilines is 1. The first kappa shape index (κ1) is 16.1. The van der Waals surface area contributed by atoms with Crippen molar-refractivity contribution in [3.05, 3.63) is 47.1 Å². The van der Waals surface area contributed by atoms with Crippen molar-refractivity contribution in [1.82, 2.24) is 9.78 Å². The third kappa shape index (κ3) is 2.76. The van der Waals surface area contributed by atoms with E-state index < -0.39 is 6.03 Å². The van der Waals surface area contributed by atoms with Gasteiger partial charge in [-0.05, 0) is 19.1 Å². The number of fused-ring (bicyclic) bond motifs is 1. The monoisotopic (exact) mass is 345 g/mol. The predicted octanol–water partition coefficient (Wildman–Crippen LogP) is 4.10. The molecule has 0 aliphatic heterocycles. The third-order valence-corrected chi connectivity index (χ3v) is 3.98. The summed E-state index contributed by atoms with van der Waals surface area (Å²) in [4.78, 5) is 12.6. The van der Waals surface area contributed by atoms with Gasteiger partial charge in [0.15, 0.2) is 0 Å². The number of amides is 1. The van der Waals surface area contributed by atoms with Crippen molar-refractivity contribution in [2.45, 2.75) is 6.92 Å². The standard InChI is InChI=1S/C17H16ClN3O3/c1-10-11-6-4-5-7-14(11)21(20-10)17(22)19-13-8-12(18)15(23-2)9-16(13)24-3/h4-9H,1-3H3,(H,19,22). The Balaban J connectivity index is 1.99. The summed E-state index contributed by atoms with van der Waals surface area (Å²) in [6.07, 6.45) is 0. The number of ether oxygens (including phenoxy) is 2. The summed E-state index contributed by atoms with van der Waals surface area (Å²) in [5.41, 5.74) is 1.94. The summed E-state index contributed by atoms with van der Waals surface area (Å²) in [5.74, 6) is 0.907. The second-order valence-electron chi connectivity index (χ2n) is 5.13. The number of hydrogen-bond donors (Lipinski definition) is 1. The van der Waals surface area contributed by atoms with E-state index in [1.165, 1.54) is 18.9 Å². The number of aromatic nitrogens is 2. The van der Waals surface area contributed by atoms with Crippen LogP contribution in [0.4, 0.5) is 10.5 Å². The number of methoxy groups -OCH3 is 2. The van der Waals surface area contributed by atoms with Crippen molar-refractivity contribution < 1.29 is 14.3 Å². The highest BCUT2D eigenvalue weighted by Gasteiger charge is 2.16. The van der Waals surface area contributed by atoms with Crippen LogP contribution in [-0.4, -0.2) is 30.0 Å². The Morgan fingerprint density at radius 3 is 2.58 bits per heavy atom. The zero-order chi connectivity index (χ0) is 17.3. The number of benzene rings is 2. The van der Waals surface area contributed by atoms with Crippen molar-refractivity contribution in [1.29, 1.82) is 0 Å². The average molecular weight is 346 g/mol. The molecular weight excluding hydrogens is 330 g/mol. The number of rotatable bonds is 3. The molecule has 1 amide bonds. The SMILES string of the molecule is COc1cc(OC)c(NC(=O)n2nc(C)c3ccccc32)cc1Cl. The fourth-order valence-electron chi connectivity index (χ4n) is 2.50. The molecule has 1 heterocycles. The summed E-state index contributed by atoms with van der Waals surface area (Å²) in [6.45, 7) is 1.86. The number of nitrogens with one attached hydrogen (secondary N) is 1. The van der Waals surface area contributed by atoms with Crippen LogP contribution in [-0.2, 0) is 0 Å². The summed E-state index contributed by atoms with van der Waals surface area (Å²) in [7, 11) is 3.02. The Kier molecular flexibility index (Phi) is 4.31. The van der Waals surface area contributed by atoms with E-state index in [-0.39, 0.29) is 0 Å². The molecule has 3 rings (SSSR count). The highest BCUT2D eigenvalue weighted by atomic mass is 35.5. The average Bonchev–Trinajstić information content (AvgIpc) is 2.93. The van der Waals surface area contributed by atoms with Crippen LogP contribution in [0.1, 0.15) is 5.69 Å². The summed E-state index contributed by atoms with van der Waals surface area (Å²) >= 11 is 6.13. The predicted molar refractivity (Wildman–Crippen MR) is 93.4 cm³/mol. The van der Waals surface area contributed by atoms with E-state index >= 15 is 0 Å². The molecule has 24 heavy (non-hydrogen) atoms. The van der Waals surface area contributed by atoms with Gasteiger partial charge in [0.2, 0.25) is 0 Å². The van der Waals surface area contributed by atoms with Crippen molar-refractivity contribution in [3.8, 4) is 11.5 Å². The minimum Gasteiger partial charge on any atom is -0.495 e. The Morgan fingerprint density at radius 2 is 1.88 bits per heavy atom. The third-order valence-electron chi connectivity index (χ3n) is 3.68. The van der Waals surface area contributed by atoms with Gasteiger partial charge in [-0.1, -0.05) is 29.8 Å². The first-order valence-electron chi connectivity index (χ1n) is 7.22. The maximum atomic E-state index is 12.6. The number of hydrogen-bond acceptors (Lipinski definition) is 4. The van der Waals surface area contributed by atoms with Gasteiger partial charge >= 0.3 is 6.03 Å². The Labute approximate surface area is 143 Å². The zero-order valence-corrected chi connectivity index (χ0v) is 14.2.